The third-order valence-electron chi connectivity index (χ3n) is 6.07. The zero-order valence-electron chi connectivity index (χ0n) is 19.3. The van der Waals surface area contributed by atoms with Gasteiger partial charge in [0.1, 0.15) is 0 Å². The molecular weight excluding hydrogens is 464 g/mol. The molecule has 1 N–H and O–H groups in total. The van der Waals surface area contributed by atoms with Crippen molar-refractivity contribution in [2.45, 2.75) is 13.5 Å². The molecule has 1 fully saturated rings. The number of aromatic nitrogens is 2. The van der Waals surface area contributed by atoms with E-state index in [1.165, 1.54) is 0 Å². The Hall–Kier alpha value is -3.68. The number of anilines is 1. The summed E-state index contributed by atoms with van der Waals surface area (Å²) in [6, 6.07) is 20.1. The second-order valence-corrected chi connectivity index (χ2v) is 8.96. The normalized spacial score (nSPS) is 13.7. The molecular formula is C27H25ClN4O3. The van der Waals surface area contributed by atoms with E-state index in [2.05, 4.69) is 10.2 Å². The molecule has 5 rings (SSSR count). The maximum absolute atomic E-state index is 13.7. The number of fused-ring (bicyclic) bond motifs is 1. The summed E-state index contributed by atoms with van der Waals surface area (Å²) in [6.07, 6.45) is 0. The fourth-order valence-corrected chi connectivity index (χ4v) is 4.23. The lowest BCUT2D eigenvalue weighted by atomic mass is 10.1. The number of ether oxygens (including phenoxy) is 1. The topological polar surface area (TPSA) is 76.5 Å². The van der Waals surface area contributed by atoms with Gasteiger partial charge < -0.3 is 15.0 Å². The zero-order chi connectivity index (χ0) is 24.4. The van der Waals surface area contributed by atoms with Gasteiger partial charge in [-0.25, -0.2) is 9.55 Å². The van der Waals surface area contributed by atoms with Crippen molar-refractivity contribution >= 4 is 34.4 Å². The van der Waals surface area contributed by atoms with Crippen LogP contribution in [-0.4, -0.2) is 41.8 Å². The molecule has 3 aromatic carbocycles. The molecule has 0 atom stereocenters. The Kier molecular flexibility index (Phi) is 6.53. The van der Waals surface area contributed by atoms with E-state index in [0.29, 0.717) is 60.3 Å². The van der Waals surface area contributed by atoms with Gasteiger partial charge in [0.15, 0.2) is 0 Å². The quantitative estimate of drug-likeness (QED) is 0.457. The Labute approximate surface area is 207 Å². The van der Waals surface area contributed by atoms with E-state index in [1.54, 1.807) is 34.9 Å². The van der Waals surface area contributed by atoms with Crippen LogP contribution in [0.15, 0.2) is 71.5 Å². The van der Waals surface area contributed by atoms with Crippen LogP contribution in [0.2, 0.25) is 5.02 Å². The number of nitrogens with zero attached hydrogens (tertiary/aromatic N) is 3. The third kappa shape index (κ3) is 4.92. The molecule has 0 unspecified atom stereocenters. The Morgan fingerprint density at radius 1 is 1.03 bits per heavy atom. The predicted octanol–water partition coefficient (Wildman–Crippen LogP) is 4.11. The highest BCUT2D eigenvalue weighted by atomic mass is 35.5. The Morgan fingerprint density at radius 3 is 2.46 bits per heavy atom. The molecule has 8 heteroatoms. The molecule has 1 aliphatic rings. The highest BCUT2D eigenvalue weighted by Gasteiger charge is 2.21. The molecule has 0 bridgehead atoms. The van der Waals surface area contributed by atoms with Crippen LogP contribution < -0.4 is 15.8 Å². The van der Waals surface area contributed by atoms with Crippen molar-refractivity contribution in [2.75, 3.05) is 31.2 Å². The summed E-state index contributed by atoms with van der Waals surface area (Å²) in [5.74, 6) is 0.313. The second-order valence-electron chi connectivity index (χ2n) is 8.53. The molecule has 35 heavy (non-hydrogen) atoms. The number of halogens is 1. The highest BCUT2D eigenvalue weighted by Crippen LogP contribution is 2.22. The van der Waals surface area contributed by atoms with Crippen molar-refractivity contribution in [3.05, 3.63) is 98.8 Å². The first-order valence-electron chi connectivity index (χ1n) is 11.5. The third-order valence-corrected chi connectivity index (χ3v) is 6.32. The Morgan fingerprint density at radius 2 is 1.74 bits per heavy atom. The van der Waals surface area contributed by atoms with Crippen LogP contribution in [0.3, 0.4) is 0 Å². The molecule has 0 radical (unpaired) electrons. The molecule has 0 saturated carbocycles. The van der Waals surface area contributed by atoms with E-state index in [-0.39, 0.29) is 11.5 Å². The van der Waals surface area contributed by atoms with E-state index >= 15 is 0 Å². The fourth-order valence-electron chi connectivity index (χ4n) is 4.10. The molecule has 4 aromatic rings. The average Bonchev–Trinajstić information content (AvgIpc) is 2.89. The van der Waals surface area contributed by atoms with Gasteiger partial charge in [-0.1, -0.05) is 41.4 Å². The van der Waals surface area contributed by atoms with Gasteiger partial charge in [-0.3, -0.25) is 9.59 Å². The van der Waals surface area contributed by atoms with Crippen LogP contribution in [0.4, 0.5) is 5.95 Å². The summed E-state index contributed by atoms with van der Waals surface area (Å²) in [5.41, 5.74) is 3.56. The smallest absolute Gasteiger partial charge is 0.267 e. The van der Waals surface area contributed by atoms with Gasteiger partial charge in [0, 0.05) is 30.2 Å². The van der Waals surface area contributed by atoms with E-state index in [1.807, 2.05) is 43.3 Å². The number of aryl methyl sites for hydroxylation is 1. The van der Waals surface area contributed by atoms with Gasteiger partial charge in [-0.2, -0.15) is 0 Å². The summed E-state index contributed by atoms with van der Waals surface area (Å²) in [6.45, 7) is 4.77. The molecule has 1 saturated heterocycles. The van der Waals surface area contributed by atoms with E-state index in [4.69, 9.17) is 21.3 Å². The van der Waals surface area contributed by atoms with E-state index < -0.39 is 0 Å². The standard InChI is InChI=1S/C27H25ClN4O3/c1-18-2-9-22(10-3-18)32-26(34)23-11-6-20(25(33)29-17-19-4-7-21(28)8-5-19)16-24(23)30-27(32)31-12-14-35-15-13-31/h2-11,16H,12-15,17H2,1H3,(H,29,33). The summed E-state index contributed by atoms with van der Waals surface area (Å²) in [7, 11) is 0. The van der Waals surface area contributed by atoms with Crippen molar-refractivity contribution < 1.29 is 9.53 Å². The Bertz CT molecular complexity index is 1430. The van der Waals surface area contributed by atoms with Crippen molar-refractivity contribution in [3.63, 3.8) is 0 Å². The number of hydrogen-bond donors (Lipinski definition) is 1. The lowest BCUT2D eigenvalue weighted by Crippen LogP contribution is -2.40. The number of nitrogens with one attached hydrogen (secondary N) is 1. The molecule has 7 nitrogen and oxygen atoms in total. The number of rotatable bonds is 5. The maximum Gasteiger partial charge on any atom is 0.267 e. The first-order valence-corrected chi connectivity index (χ1v) is 11.9. The summed E-state index contributed by atoms with van der Waals surface area (Å²) in [4.78, 5) is 33.4. The first-order chi connectivity index (χ1) is 17.0. The number of carbonyl (C=O) groups excluding carboxylic acids is 1. The molecule has 0 aliphatic carbocycles. The Balaban J connectivity index is 1.52. The van der Waals surface area contributed by atoms with Crippen LogP contribution in [0.1, 0.15) is 21.5 Å². The van der Waals surface area contributed by atoms with Crippen molar-refractivity contribution in [2.24, 2.45) is 0 Å². The average molecular weight is 489 g/mol. The van der Waals surface area contributed by atoms with Crippen LogP contribution in [0.25, 0.3) is 16.6 Å². The summed E-state index contributed by atoms with van der Waals surface area (Å²) in [5, 5.41) is 4.02. The van der Waals surface area contributed by atoms with Crippen LogP contribution in [0.5, 0.6) is 0 Å². The first kappa shape index (κ1) is 23.1. The van der Waals surface area contributed by atoms with Gasteiger partial charge in [0.05, 0.1) is 29.8 Å². The van der Waals surface area contributed by atoms with Gasteiger partial charge in [0.2, 0.25) is 5.95 Å². The molecule has 178 valence electrons. The minimum atomic E-state index is -0.237. The molecule has 1 aliphatic heterocycles. The summed E-state index contributed by atoms with van der Waals surface area (Å²) >= 11 is 5.93. The van der Waals surface area contributed by atoms with Crippen molar-refractivity contribution in [3.8, 4) is 5.69 Å². The minimum Gasteiger partial charge on any atom is -0.378 e. The number of morpholine rings is 1. The van der Waals surface area contributed by atoms with Crippen molar-refractivity contribution in [1.29, 1.82) is 0 Å². The molecule has 0 spiro atoms. The molecule has 1 aromatic heterocycles. The molecule has 1 amide bonds. The minimum absolute atomic E-state index is 0.173. The van der Waals surface area contributed by atoms with E-state index in [0.717, 1.165) is 16.8 Å². The lowest BCUT2D eigenvalue weighted by molar-refractivity contribution is 0.0951. The number of benzene rings is 3. The van der Waals surface area contributed by atoms with Gasteiger partial charge in [0.25, 0.3) is 11.5 Å². The predicted molar refractivity (Wildman–Crippen MR) is 138 cm³/mol. The van der Waals surface area contributed by atoms with Crippen LogP contribution >= 0.6 is 11.6 Å². The number of hydrogen-bond acceptors (Lipinski definition) is 5. The highest BCUT2D eigenvalue weighted by molar-refractivity contribution is 6.30. The zero-order valence-corrected chi connectivity index (χ0v) is 20.1. The number of carbonyl (C=O) groups is 1. The second kappa shape index (κ2) is 9.90. The maximum atomic E-state index is 13.7. The van der Waals surface area contributed by atoms with Crippen LogP contribution in [-0.2, 0) is 11.3 Å². The van der Waals surface area contributed by atoms with Gasteiger partial charge in [-0.05, 0) is 55.0 Å². The van der Waals surface area contributed by atoms with Gasteiger partial charge >= 0.3 is 0 Å². The fraction of sp³-hybridized carbons (Fsp3) is 0.222. The largest absolute Gasteiger partial charge is 0.378 e. The summed E-state index contributed by atoms with van der Waals surface area (Å²) < 4.78 is 7.15. The van der Waals surface area contributed by atoms with E-state index in [9.17, 15) is 9.59 Å². The monoisotopic (exact) mass is 488 g/mol. The van der Waals surface area contributed by atoms with Gasteiger partial charge in [-0.15, -0.1) is 0 Å². The lowest BCUT2D eigenvalue weighted by Gasteiger charge is -2.30. The van der Waals surface area contributed by atoms with Crippen molar-refractivity contribution in [1.82, 2.24) is 14.9 Å². The molecule has 2 heterocycles. The number of amides is 1. The van der Waals surface area contributed by atoms with Crippen LogP contribution in [0, 0.1) is 6.92 Å². The SMILES string of the molecule is Cc1ccc(-n2c(N3CCOCC3)nc3cc(C(=O)NCc4ccc(Cl)cc4)ccc3c2=O)cc1.